The monoisotopic (exact) mass is 389 g/mol. The van der Waals surface area contributed by atoms with Crippen molar-refractivity contribution in [1.29, 1.82) is 0 Å². The molecule has 1 aromatic heterocycles. The molecule has 0 aliphatic carbocycles. The van der Waals surface area contributed by atoms with Gasteiger partial charge in [0.25, 0.3) is 0 Å². The topological polar surface area (TPSA) is 87.7 Å². The SMILES string of the molecule is COC(=O)c1ccc(Cl)c(Nc2nc(C)cc(N3CCN(C=O)CC3)n2)c1. The molecule has 142 valence electrons. The summed E-state index contributed by atoms with van der Waals surface area (Å²) in [5, 5.41) is 3.52. The van der Waals surface area contributed by atoms with E-state index in [1.807, 2.05) is 13.0 Å². The first-order valence-electron chi connectivity index (χ1n) is 8.45. The van der Waals surface area contributed by atoms with E-state index in [1.54, 1.807) is 23.1 Å². The predicted octanol–water partition coefficient (Wildman–Crippen LogP) is 2.25. The van der Waals surface area contributed by atoms with Crippen molar-refractivity contribution in [3.8, 4) is 0 Å². The number of methoxy groups -OCH3 is 1. The van der Waals surface area contributed by atoms with Crippen LogP contribution in [-0.2, 0) is 9.53 Å². The van der Waals surface area contributed by atoms with Crippen LogP contribution in [0.2, 0.25) is 5.02 Å². The first kappa shape index (κ1) is 18.9. The maximum atomic E-state index is 11.7. The van der Waals surface area contributed by atoms with E-state index in [-0.39, 0.29) is 0 Å². The number of aromatic nitrogens is 2. The van der Waals surface area contributed by atoms with Crippen LogP contribution in [0, 0.1) is 6.92 Å². The van der Waals surface area contributed by atoms with Crippen molar-refractivity contribution >= 4 is 41.4 Å². The van der Waals surface area contributed by atoms with Gasteiger partial charge in [-0.3, -0.25) is 4.79 Å². The van der Waals surface area contributed by atoms with Gasteiger partial charge in [-0.1, -0.05) is 11.6 Å². The van der Waals surface area contributed by atoms with Gasteiger partial charge >= 0.3 is 5.97 Å². The number of piperazine rings is 1. The van der Waals surface area contributed by atoms with Crippen molar-refractivity contribution in [1.82, 2.24) is 14.9 Å². The number of carbonyl (C=O) groups excluding carboxylic acids is 2. The number of aryl methyl sites for hydroxylation is 1. The van der Waals surface area contributed by atoms with Gasteiger partial charge in [-0.05, 0) is 25.1 Å². The molecule has 2 aromatic rings. The molecule has 2 heterocycles. The number of nitrogens with one attached hydrogen (secondary N) is 1. The zero-order valence-electron chi connectivity index (χ0n) is 15.1. The fourth-order valence-electron chi connectivity index (χ4n) is 2.81. The molecule has 0 unspecified atom stereocenters. The number of ether oxygens (including phenoxy) is 1. The summed E-state index contributed by atoms with van der Waals surface area (Å²) in [4.78, 5) is 35.4. The minimum Gasteiger partial charge on any atom is -0.465 e. The minimum atomic E-state index is -0.450. The Morgan fingerprint density at radius 3 is 2.63 bits per heavy atom. The van der Waals surface area contributed by atoms with Gasteiger partial charge in [-0.25, -0.2) is 9.78 Å². The molecule has 0 bridgehead atoms. The van der Waals surface area contributed by atoms with Crippen molar-refractivity contribution in [3.63, 3.8) is 0 Å². The summed E-state index contributed by atoms with van der Waals surface area (Å²) in [6.45, 7) is 4.59. The Morgan fingerprint density at radius 2 is 1.96 bits per heavy atom. The highest BCUT2D eigenvalue weighted by Gasteiger charge is 2.18. The van der Waals surface area contributed by atoms with E-state index in [9.17, 15) is 9.59 Å². The molecule has 3 rings (SSSR count). The number of hydrogen-bond acceptors (Lipinski definition) is 7. The zero-order valence-corrected chi connectivity index (χ0v) is 15.9. The molecule has 0 spiro atoms. The third kappa shape index (κ3) is 4.46. The largest absolute Gasteiger partial charge is 0.465 e. The Labute approximate surface area is 162 Å². The van der Waals surface area contributed by atoms with Crippen LogP contribution in [0.25, 0.3) is 0 Å². The average molecular weight is 390 g/mol. The van der Waals surface area contributed by atoms with E-state index in [0.717, 1.165) is 17.9 Å². The molecule has 1 amide bonds. The van der Waals surface area contributed by atoms with Gasteiger partial charge in [0.1, 0.15) is 5.82 Å². The lowest BCUT2D eigenvalue weighted by Crippen LogP contribution is -2.46. The molecule has 1 saturated heterocycles. The summed E-state index contributed by atoms with van der Waals surface area (Å²) in [6.07, 6.45) is 0.867. The summed E-state index contributed by atoms with van der Waals surface area (Å²) in [5.41, 5.74) is 1.68. The fourth-order valence-corrected chi connectivity index (χ4v) is 2.98. The maximum Gasteiger partial charge on any atom is 0.337 e. The van der Waals surface area contributed by atoms with Crippen molar-refractivity contribution in [3.05, 3.63) is 40.5 Å². The van der Waals surface area contributed by atoms with E-state index >= 15 is 0 Å². The number of amides is 1. The third-order valence-electron chi connectivity index (χ3n) is 4.26. The van der Waals surface area contributed by atoms with Crippen molar-refractivity contribution in [2.75, 3.05) is 43.5 Å². The third-order valence-corrected chi connectivity index (χ3v) is 4.59. The Balaban J connectivity index is 1.83. The highest BCUT2D eigenvalue weighted by molar-refractivity contribution is 6.33. The number of esters is 1. The molecule has 27 heavy (non-hydrogen) atoms. The molecule has 1 aliphatic rings. The first-order chi connectivity index (χ1) is 13.0. The minimum absolute atomic E-state index is 0.377. The predicted molar refractivity (Wildman–Crippen MR) is 103 cm³/mol. The van der Waals surface area contributed by atoms with Crippen LogP contribution in [-0.4, -0.2) is 60.5 Å². The van der Waals surface area contributed by atoms with Crippen LogP contribution in [0.3, 0.4) is 0 Å². The molecule has 1 aromatic carbocycles. The Morgan fingerprint density at radius 1 is 1.22 bits per heavy atom. The Kier molecular flexibility index (Phi) is 5.75. The molecule has 1 fully saturated rings. The zero-order chi connectivity index (χ0) is 19.4. The highest BCUT2D eigenvalue weighted by atomic mass is 35.5. The van der Waals surface area contributed by atoms with E-state index in [0.29, 0.717) is 48.4 Å². The van der Waals surface area contributed by atoms with Gasteiger partial charge in [0.2, 0.25) is 12.4 Å². The number of rotatable bonds is 5. The van der Waals surface area contributed by atoms with Crippen molar-refractivity contribution in [2.24, 2.45) is 0 Å². The molecule has 0 saturated carbocycles. The smallest absolute Gasteiger partial charge is 0.337 e. The number of halogens is 1. The van der Waals surface area contributed by atoms with E-state index in [2.05, 4.69) is 20.2 Å². The summed E-state index contributed by atoms with van der Waals surface area (Å²) in [5.74, 6) is 0.705. The Hall–Kier alpha value is -2.87. The van der Waals surface area contributed by atoms with Crippen molar-refractivity contribution < 1.29 is 14.3 Å². The molecule has 1 N–H and O–H groups in total. The fraction of sp³-hybridized carbons (Fsp3) is 0.333. The summed E-state index contributed by atoms with van der Waals surface area (Å²) >= 11 is 6.24. The lowest BCUT2D eigenvalue weighted by Gasteiger charge is -2.33. The van der Waals surface area contributed by atoms with Crippen LogP contribution >= 0.6 is 11.6 Å². The summed E-state index contributed by atoms with van der Waals surface area (Å²) < 4.78 is 4.74. The van der Waals surface area contributed by atoms with Crippen LogP contribution < -0.4 is 10.2 Å². The molecule has 9 heteroatoms. The normalized spacial score (nSPS) is 14.0. The lowest BCUT2D eigenvalue weighted by atomic mass is 10.2. The number of hydrogen-bond donors (Lipinski definition) is 1. The van der Waals surface area contributed by atoms with Gasteiger partial charge in [-0.15, -0.1) is 0 Å². The van der Waals surface area contributed by atoms with Crippen LogP contribution in [0.15, 0.2) is 24.3 Å². The van der Waals surface area contributed by atoms with Crippen LogP contribution in [0.4, 0.5) is 17.5 Å². The van der Waals surface area contributed by atoms with E-state index in [4.69, 9.17) is 16.3 Å². The Bertz CT molecular complexity index is 853. The second-order valence-electron chi connectivity index (χ2n) is 6.13. The lowest BCUT2D eigenvalue weighted by molar-refractivity contribution is -0.118. The number of nitrogens with zero attached hydrogens (tertiary/aromatic N) is 4. The number of benzene rings is 1. The summed E-state index contributed by atoms with van der Waals surface area (Å²) in [7, 11) is 1.32. The van der Waals surface area contributed by atoms with Crippen molar-refractivity contribution in [2.45, 2.75) is 6.92 Å². The molecule has 0 atom stereocenters. The van der Waals surface area contributed by atoms with Gasteiger partial charge in [0.15, 0.2) is 0 Å². The van der Waals surface area contributed by atoms with Gasteiger partial charge < -0.3 is 19.9 Å². The molecular weight excluding hydrogens is 370 g/mol. The molecule has 0 radical (unpaired) electrons. The van der Waals surface area contributed by atoms with E-state index in [1.165, 1.54) is 7.11 Å². The quantitative estimate of drug-likeness (QED) is 0.619. The van der Waals surface area contributed by atoms with Gasteiger partial charge in [0, 0.05) is 37.9 Å². The second-order valence-corrected chi connectivity index (χ2v) is 6.54. The van der Waals surface area contributed by atoms with Gasteiger partial charge in [-0.2, -0.15) is 4.98 Å². The molecular formula is C18H20ClN5O3. The average Bonchev–Trinajstić information content (AvgIpc) is 2.68. The van der Waals surface area contributed by atoms with Gasteiger partial charge in [0.05, 0.1) is 23.4 Å². The molecule has 1 aliphatic heterocycles. The summed E-state index contributed by atoms with van der Waals surface area (Å²) in [6, 6.07) is 6.70. The van der Waals surface area contributed by atoms with Crippen LogP contribution in [0.1, 0.15) is 16.1 Å². The first-order valence-corrected chi connectivity index (χ1v) is 8.83. The molecule has 8 nitrogen and oxygen atoms in total. The number of anilines is 3. The highest BCUT2D eigenvalue weighted by Crippen LogP contribution is 2.27. The van der Waals surface area contributed by atoms with E-state index < -0.39 is 5.97 Å². The second kappa shape index (κ2) is 8.22. The standard InChI is InChI=1S/C18H20ClN5O3/c1-12-9-16(24-7-5-23(11-25)6-8-24)22-18(20-12)21-15-10-13(17(26)27-2)3-4-14(15)19/h3-4,9-11H,5-8H2,1-2H3,(H,20,21,22). The van der Waals surface area contributed by atoms with Crippen LogP contribution in [0.5, 0.6) is 0 Å². The maximum absolute atomic E-state index is 11.7. The number of carbonyl (C=O) groups is 2.